The van der Waals surface area contributed by atoms with Crippen LogP contribution in [0.3, 0.4) is 0 Å². The summed E-state index contributed by atoms with van der Waals surface area (Å²) < 4.78 is 13.9. The van der Waals surface area contributed by atoms with Gasteiger partial charge in [-0.1, -0.05) is 76.1 Å². The Balaban J connectivity index is 1.58. The molecule has 3 aromatic carbocycles. The molecule has 0 spiro atoms. The SMILES string of the molecule is COc1cc(Cl)cc(C=Nn2c(C3CCCCC3)nc3ccc(Br)cc3c2=O)c1OCc1ccc(Cl)c(Cl)c1. The molecule has 0 aliphatic heterocycles. The van der Waals surface area contributed by atoms with Gasteiger partial charge in [-0.2, -0.15) is 9.78 Å². The minimum Gasteiger partial charge on any atom is -0.493 e. The van der Waals surface area contributed by atoms with Crippen molar-refractivity contribution in [3.8, 4) is 11.5 Å². The van der Waals surface area contributed by atoms with Gasteiger partial charge in [-0.3, -0.25) is 4.79 Å². The lowest BCUT2D eigenvalue weighted by molar-refractivity contribution is 0.284. The second kappa shape index (κ2) is 12.3. The van der Waals surface area contributed by atoms with Crippen molar-refractivity contribution in [1.29, 1.82) is 0 Å². The molecule has 1 saturated carbocycles. The third-order valence-electron chi connectivity index (χ3n) is 6.75. The van der Waals surface area contributed by atoms with Crippen LogP contribution >= 0.6 is 50.7 Å². The summed E-state index contributed by atoms with van der Waals surface area (Å²) in [7, 11) is 1.54. The van der Waals surface area contributed by atoms with E-state index in [9.17, 15) is 4.79 Å². The molecular weight excluding hydrogens is 625 g/mol. The maximum atomic E-state index is 13.7. The van der Waals surface area contributed by atoms with Crippen LogP contribution in [0.25, 0.3) is 10.9 Å². The number of aromatic nitrogens is 2. The molecule has 0 bridgehead atoms. The van der Waals surface area contributed by atoms with Crippen molar-refractivity contribution in [3.63, 3.8) is 0 Å². The van der Waals surface area contributed by atoms with E-state index in [0.29, 0.717) is 48.9 Å². The normalized spacial score (nSPS) is 14.3. The second-order valence-electron chi connectivity index (χ2n) is 9.39. The first-order valence-corrected chi connectivity index (χ1v) is 14.5. The Labute approximate surface area is 249 Å². The van der Waals surface area contributed by atoms with Crippen LogP contribution in [-0.2, 0) is 6.61 Å². The lowest BCUT2D eigenvalue weighted by Crippen LogP contribution is -2.25. The van der Waals surface area contributed by atoms with E-state index < -0.39 is 0 Å². The molecule has 0 unspecified atom stereocenters. The number of hydrogen-bond acceptors (Lipinski definition) is 5. The Morgan fingerprint density at radius 1 is 1.05 bits per heavy atom. The topological polar surface area (TPSA) is 65.7 Å². The fourth-order valence-electron chi connectivity index (χ4n) is 4.80. The molecule has 202 valence electrons. The summed E-state index contributed by atoms with van der Waals surface area (Å²) in [5.74, 6) is 1.68. The Morgan fingerprint density at radius 3 is 2.59 bits per heavy atom. The van der Waals surface area contributed by atoms with Gasteiger partial charge in [0.15, 0.2) is 11.5 Å². The molecule has 1 fully saturated rings. The summed E-state index contributed by atoms with van der Waals surface area (Å²) in [5, 5.41) is 6.49. The number of rotatable bonds is 7. The average Bonchev–Trinajstić information content (AvgIpc) is 2.94. The van der Waals surface area contributed by atoms with Crippen molar-refractivity contribution < 1.29 is 9.47 Å². The van der Waals surface area contributed by atoms with Crippen molar-refractivity contribution in [2.24, 2.45) is 5.10 Å². The van der Waals surface area contributed by atoms with Crippen molar-refractivity contribution in [2.75, 3.05) is 7.11 Å². The Morgan fingerprint density at radius 2 is 1.85 bits per heavy atom. The molecule has 1 heterocycles. The molecule has 6 nitrogen and oxygen atoms in total. The number of hydrogen-bond donors (Lipinski definition) is 0. The van der Waals surface area contributed by atoms with Crippen molar-refractivity contribution in [3.05, 3.63) is 95.4 Å². The summed E-state index contributed by atoms with van der Waals surface area (Å²) in [6, 6.07) is 14.2. The van der Waals surface area contributed by atoms with Crippen molar-refractivity contribution in [2.45, 2.75) is 44.6 Å². The van der Waals surface area contributed by atoms with E-state index in [1.165, 1.54) is 18.2 Å². The fraction of sp³-hybridized carbons (Fsp3) is 0.276. The van der Waals surface area contributed by atoms with Gasteiger partial charge in [0, 0.05) is 27.0 Å². The van der Waals surface area contributed by atoms with Gasteiger partial charge < -0.3 is 9.47 Å². The lowest BCUT2D eigenvalue weighted by Gasteiger charge is -2.23. The molecule has 5 rings (SSSR count). The Bertz CT molecular complexity index is 1620. The molecule has 0 amide bonds. The van der Waals surface area contributed by atoms with Crippen LogP contribution < -0.4 is 15.0 Å². The van der Waals surface area contributed by atoms with E-state index in [1.54, 1.807) is 36.5 Å². The monoisotopic (exact) mass is 647 g/mol. The number of benzene rings is 3. The first-order valence-electron chi connectivity index (χ1n) is 12.5. The Hall–Kier alpha value is -2.58. The summed E-state index contributed by atoms with van der Waals surface area (Å²) >= 11 is 22.1. The molecule has 1 aromatic heterocycles. The predicted octanol–water partition coefficient (Wildman–Crippen LogP) is 8.64. The molecule has 0 saturated heterocycles. The van der Waals surface area contributed by atoms with E-state index in [2.05, 4.69) is 21.0 Å². The van der Waals surface area contributed by atoms with Gasteiger partial charge >= 0.3 is 0 Å². The molecule has 0 N–H and O–H groups in total. The highest BCUT2D eigenvalue weighted by molar-refractivity contribution is 9.10. The zero-order chi connectivity index (χ0) is 27.5. The summed E-state index contributed by atoms with van der Waals surface area (Å²) in [6.45, 7) is 0.203. The maximum absolute atomic E-state index is 13.7. The molecule has 0 atom stereocenters. The highest BCUT2D eigenvalue weighted by Gasteiger charge is 2.23. The lowest BCUT2D eigenvalue weighted by atomic mass is 9.88. The zero-order valence-corrected chi connectivity index (χ0v) is 24.9. The van der Waals surface area contributed by atoms with Crippen LogP contribution in [0.15, 0.2) is 62.9 Å². The van der Waals surface area contributed by atoms with Crippen LogP contribution in [0.4, 0.5) is 0 Å². The fourth-order valence-corrected chi connectivity index (χ4v) is 5.70. The largest absolute Gasteiger partial charge is 0.493 e. The quantitative estimate of drug-likeness (QED) is 0.188. The zero-order valence-electron chi connectivity index (χ0n) is 21.1. The molecular formula is C29H25BrCl3N3O3. The third kappa shape index (κ3) is 6.27. The standard InChI is InChI=1S/C29H25BrCl3N3O3/c1-38-26-14-21(31)12-19(27(26)39-16-17-7-9-23(32)24(33)11-17)15-34-36-28(18-5-3-2-4-6-18)35-25-10-8-20(30)13-22(25)29(36)37/h7-15,18H,2-6,16H2,1H3. The number of methoxy groups -OCH3 is 1. The molecule has 4 aromatic rings. The van der Waals surface area contributed by atoms with Crippen molar-refractivity contribution in [1.82, 2.24) is 9.66 Å². The van der Waals surface area contributed by atoms with Gasteiger partial charge in [-0.15, -0.1) is 0 Å². The van der Waals surface area contributed by atoms with Gasteiger partial charge in [0.1, 0.15) is 12.4 Å². The van der Waals surface area contributed by atoms with E-state index in [4.69, 9.17) is 49.3 Å². The van der Waals surface area contributed by atoms with Gasteiger partial charge in [-0.05, 0) is 54.8 Å². The van der Waals surface area contributed by atoms with Gasteiger partial charge in [0.25, 0.3) is 5.56 Å². The van der Waals surface area contributed by atoms with E-state index in [-0.39, 0.29) is 18.1 Å². The molecule has 0 radical (unpaired) electrons. The van der Waals surface area contributed by atoms with Crippen LogP contribution in [0.2, 0.25) is 15.1 Å². The minimum absolute atomic E-state index is 0.149. The van der Waals surface area contributed by atoms with E-state index >= 15 is 0 Å². The Kier molecular flexibility index (Phi) is 8.82. The first kappa shape index (κ1) is 28.0. The third-order valence-corrected chi connectivity index (χ3v) is 8.20. The van der Waals surface area contributed by atoms with E-state index in [0.717, 1.165) is 35.7 Å². The summed E-state index contributed by atoms with van der Waals surface area (Å²) in [6.07, 6.45) is 6.88. The molecule has 10 heteroatoms. The number of nitrogens with zero attached hydrogens (tertiary/aromatic N) is 3. The number of fused-ring (bicyclic) bond motifs is 1. The van der Waals surface area contributed by atoms with E-state index in [1.807, 2.05) is 18.2 Å². The van der Waals surface area contributed by atoms with Crippen LogP contribution in [0.1, 0.15) is 55.0 Å². The summed E-state index contributed by atoms with van der Waals surface area (Å²) in [5.41, 5.74) is 1.80. The highest BCUT2D eigenvalue weighted by atomic mass is 79.9. The second-order valence-corrected chi connectivity index (χ2v) is 11.6. The highest BCUT2D eigenvalue weighted by Crippen LogP contribution is 2.36. The molecule has 1 aliphatic carbocycles. The van der Waals surface area contributed by atoms with Gasteiger partial charge in [-0.25, -0.2) is 4.98 Å². The number of halogens is 4. The summed E-state index contributed by atoms with van der Waals surface area (Å²) in [4.78, 5) is 18.6. The van der Waals surface area contributed by atoms with Gasteiger partial charge in [0.05, 0.1) is 34.3 Å². The smallest absolute Gasteiger partial charge is 0.282 e. The maximum Gasteiger partial charge on any atom is 0.282 e. The van der Waals surface area contributed by atoms with Crippen molar-refractivity contribution >= 4 is 67.9 Å². The molecule has 39 heavy (non-hydrogen) atoms. The van der Waals surface area contributed by atoms with Crippen LogP contribution in [0.5, 0.6) is 11.5 Å². The minimum atomic E-state index is -0.231. The number of ether oxygens (including phenoxy) is 2. The first-order chi connectivity index (χ1) is 18.8. The average molecular weight is 650 g/mol. The van der Waals surface area contributed by atoms with Crippen LogP contribution in [0, 0.1) is 0 Å². The van der Waals surface area contributed by atoms with Crippen LogP contribution in [-0.4, -0.2) is 23.0 Å². The predicted molar refractivity (Wildman–Crippen MR) is 161 cm³/mol. The van der Waals surface area contributed by atoms with Gasteiger partial charge in [0.2, 0.25) is 0 Å². The molecule has 1 aliphatic rings.